The van der Waals surface area contributed by atoms with Crippen LogP contribution >= 0.6 is 22.9 Å². The summed E-state index contributed by atoms with van der Waals surface area (Å²) in [7, 11) is 1.67. The van der Waals surface area contributed by atoms with Crippen molar-refractivity contribution in [2.24, 2.45) is 5.92 Å². The highest BCUT2D eigenvalue weighted by Gasteiger charge is 2.16. The first-order chi connectivity index (χ1) is 14.0. The highest BCUT2D eigenvalue weighted by molar-refractivity contribution is 7.16. The van der Waals surface area contributed by atoms with Crippen molar-refractivity contribution in [3.05, 3.63) is 39.4 Å². The van der Waals surface area contributed by atoms with E-state index < -0.39 is 0 Å². The number of imidazole rings is 1. The minimum absolute atomic E-state index is 0.0303. The Kier molecular flexibility index (Phi) is 7.13. The number of halogens is 1. The zero-order valence-electron chi connectivity index (χ0n) is 16.8. The Labute approximate surface area is 179 Å². The number of carbonyl (C=O) groups is 1. The van der Waals surface area contributed by atoms with Crippen molar-refractivity contribution in [2.45, 2.75) is 33.2 Å². The number of nitrogens with zero attached hydrogens (tertiary/aromatic N) is 3. The van der Waals surface area contributed by atoms with Gasteiger partial charge in [-0.25, -0.2) is 9.97 Å². The van der Waals surface area contributed by atoms with Gasteiger partial charge in [-0.2, -0.15) is 0 Å². The number of nitrogens with one attached hydrogen (secondary N) is 2. The number of amides is 1. The molecular weight excluding hydrogens is 406 g/mol. The lowest BCUT2D eigenvalue weighted by Gasteiger charge is -2.13. The average molecular weight is 430 g/mol. The quantitative estimate of drug-likeness (QED) is 0.553. The zero-order valence-corrected chi connectivity index (χ0v) is 18.3. The van der Waals surface area contributed by atoms with Gasteiger partial charge in [0.15, 0.2) is 5.65 Å². The van der Waals surface area contributed by atoms with Crippen LogP contribution in [-0.4, -0.2) is 34.0 Å². The fourth-order valence-corrected chi connectivity index (χ4v) is 4.01. The molecular formula is C21H24ClN5OS. The van der Waals surface area contributed by atoms with Crippen LogP contribution in [0.5, 0.6) is 0 Å². The van der Waals surface area contributed by atoms with Gasteiger partial charge in [-0.15, -0.1) is 11.3 Å². The molecule has 3 aromatic rings. The standard InChI is InChI=1S/C21H24ClN5OS/c1-4-14(21(28)23-3)10-11-27-13-25-19-17(24-5-2)12-15(26-20(19)27)6-7-16-8-9-18(22)29-16/h8-9,12-14H,4-5,10-11H2,1-3H3,(H,23,28)(H,24,26). The largest absolute Gasteiger partial charge is 0.383 e. The van der Waals surface area contributed by atoms with Crippen molar-refractivity contribution in [1.29, 1.82) is 0 Å². The van der Waals surface area contributed by atoms with Gasteiger partial charge in [0.2, 0.25) is 5.91 Å². The number of rotatable bonds is 7. The minimum atomic E-state index is -0.0303. The molecule has 3 heterocycles. The van der Waals surface area contributed by atoms with Crippen LogP contribution in [0.2, 0.25) is 4.34 Å². The molecule has 0 radical (unpaired) electrons. The molecule has 152 valence electrons. The first-order valence-electron chi connectivity index (χ1n) is 9.64. The molecule has 1 atom stereocenters. The summed E-state index contributed by atoms with van der Waals surface area (Å²) in [5.74, 6) is 6.29. The number of hydrogen-bond donors (Lipinski definition) is 2. The Morgan fingerprint density at radius 3 is 2.83 bits per heavy atom. The van der Waals surface area contributed by atoms with Gasteiger partial charge in [-0.3, -0.25) is 4.79 Å². The molecule has 0 bridgehead atoms. The summed E-state index contributed by atoms with van der Waals surface area (Å²) in [6, 6.07) is 5.66. The molecule has 1 amide bonds. The highest BCUT2D eigenvalue weighted by Crippen LogP contribution is 2.24. The molecule has 6 nitrogen and oxygen atoms in total. The lowest BCUT2D eigenvalue weighted by Crippen LogP contribution is -2.27. The molecule has 0 aliphatic heterocycles. The van der Waals surface area contributed by atoms with Crippen molar-refractivity contribution in [3.8, 4) is 11.8 Å². The van der Waals surface area contributed by atoms with Crippen LogP contribution in [0, 0.1) is 17.8 Å². The fraction of sp³-hybridized carbons (Fsp3) is 0.381. The Hall–Kier alpha value is -2.56. The molecule has 3 aromatic heterocycles. The van der Waals surface area contributed by atoms with Gasteiger partial charge in [0.1, 0.15) is 11.2 Å². The number of aryl methyl sites for hydroxylation is 1. The number of thiophene rings is 1. The molecule has 3 rings (SSSR count). The van der Waals surface area contributed by atoms with E-state index in [1.807, 2.05) is 36.6 Å². The molecule has 0 aliphatic rings. The van der Waals surface area contributed by atoms with Gasteiger partial charge in [-0.1, -0.05) is 18.5 Å². The van der Waals surface area contributed by atoms with Crippen LogP contribution in [0.25, 0.3) is 11.2 Å². The number of aromatic nitrogens is 3. The fourth-order valence-electron chi connectivity index (χ4n) is 3.11. The maximum atomic E-state index is 12.0. The molecule has 0 spiro atoms. The third-order valence-corrected chi connectivity index (χ3v) is 5.80. The number of fused-ring (bicyclic) bond motifs is 1. The SMILES string of the molecule is CCNc1cc(C#Cc2ccc(Cl)s2)nc2c1ncn2CCC(CC)C(=O)NC. The topological polar surface area (TPSA) is 71.8 Å². The summed E-state index contributed by atoms with van der Waals surface area (Å²) in [5.41, 5.74) is 3.15. The maximum Gasteiger partial charge on any atom is 0.222 e. The molecule has 29 heavy (non-hydrogen) atoms. The lowest BCUT2D eigenvalue weighted by molar-refractivity contribution is -0.124. The summed E-state index contributed by atoms with van der Waals surface area (Å²) in [6.45, 7) is 5.50. The third-order valence-electron chi connectivity index (χ3n) is 4.66. The van der Waals surface area contributed by atoms with E-state index in [1.165, 1.54) is 11.3 Å². The molecule has 0 saturated heterocycles. The second-order valence-corrected chi connectivity index (χ2v) is 8.27. The smallest absolute Gasteiger partial charge is 0.222 e. The second kappa shape index (κ2) is 9.77. The van der Waals surface area contributed by atoms with Crippen molar-refractivity contribution in [2.75, 3.05) is 18.9 Å². The summed E-state index contributed by atoms with van der Waals surface area (Å²) < 4.78 is 2.71. The van der Waals surface area contributed by atoms with Gasteiger partial charge < -0.3 is 15.2 Å². The van der Waals surface area contributed by atoms with E-state index in [4.69, 9.17) is 16.6 Å². The first-order valence-corrected chi connectivity index (χ1v) is 10.8. The van der Waals surface area contributed by atoms with Crippen LogP contribution in [-0.2, 0) is 11.3 Å². The van der Waals surface area contributed by atoms with Gasteiger partial charge in [-0.05, 0) is 49.8 Å². The van der Waals surface area contributed by atoms with Crippen LogP contribution in [0.3, 0.4) is 0 Å². The van der Waals surface area contributed by atoms with E-state index >= 15 is 0 Å². The first kappa shape index (κ1) is 21.2. The molecule has 2 N–H and O–H groups in total. The third kappa shape index (κ3) is 5.08. The average Bonchev–Trinajstić information content (AvgIpc) is 3.33. The normalized spacial score (nSPS) is 11.7. The Morgan fingerprint density at radius 1 is 1.34 bits per heavy atom. The van der Waals surface area contributed by atoms with E-state index in [2.05, 4.69) is 27.5 Å². The summed E-state index contributed by atoms with van der Waals surface area (Å²) in [5, 5.41) is 6.08. The molecule has 0 fully saturated rings. The van der Waals surface area contributed by atoms with Crippen molar-refractivity contribution in [1.82, 2.24) is 19.9 Å². The summed E-state index contributed by atoms with van der Waals surface area (Å²) in [4.78, 5) is 22.2. The van der Waals surface area contributed by atoms with Crippen molar-refractivity contribution < 1.29 is 4.79 Å². The Balaban J connectivity index is 1.92. The number of hydrogen-bond acceptors (Lipinski definition) is 5. The van der Waals surface area contributed by atoms with E-state index in [0.29, 0.717) is 16.6 Å². The second-order valence-electron chi connectivity index (χ2n) is 6.56. The molecule has 0 aromatic carbocycles. The summed E-state index contributed by atoms with van der Waals surface area (Å²) >= 11 is 7.42. The van der Waals surface area contributed by atoms with Crippen LogP contribution < -0.4 is 10.6 Å². The number of carbonyl (C=O) groups excluding carboxylic acids is 1. The van der Waals surface area contributed by atoms with Crippen LogP contribution in [0.1, 0.15) is 37.3 Å². The van der Waals surface area contributed by atoms with Crippen molar-refractivity contribution in [3.63, 3.8) is 0 Å². The molecule has 0 aliphatic carbocycles. The van der Waals surface area contributed by atoms with E-state index in [0.717, 1.165) is 41.1 Å². The molecule has 8 heteroatoms. The van der Waals surface area contributed by atoms with Crippen molar-refractivity contribution >= 4 is 45.7 Å². The number of anilines is 1. The highest BCUT2D eigenvalue weighted by atomic mass is 35.5. The lowest BCUT2D eigenvalue weighted by atomic mass is 10.0. The van der Waals surface area contributed by atoms with E-state index in [-0.39, 0.29) is 11.8 Å². The Bertz CT molecular complexity index is 1060. The van der Waals surface area contributed by atoms with Crippen LogP contribution in [0.15, 0.2) is 24.5 Å². The Morgan fingerprint density at radius 2 is 2.17 bits per heavy atom. The minimum Gasteiger partial charge on any atom is -0.383 e. The number of pyridine rings is 1. The predicted octanol–water partition coefficient (Wildman–Crippen LogP) is 4.14. The molecule has 0 saturated carbocycles. The van der Waals surface area contributed by atoms with Gasteiger partial charge in [0, 0.05) is 26.1 Å². The molecule has 1 unspecified atom stereocenters. The van der Waals surface area contributed by atoms with Gasteiger partial charge in [0.25, 0.3) is 0 Å². The zero-order chi connectivity index (χ0) is 20.8. The monoisotopic (exact) mass is 429 g/mol. The van der Waals surface area contributed by atoms with E-state index in [1.54, 1.807) is 13.4 Å². The van der Waals surface area contributed by atoms with Gasteiger partial charge >= 0.3 is 0 Å². The summed E-state index contributed by atoms with van der Waals surface area (Å²) in [6.07, 6.45) is 3.30. The van der Waals surface area contributed by atoms with E-state index in [9.17, 15) is 4.79 Å². The van der Waals surface area contributed by atoms with Crippen LogP contribution in [0.4, 0.5) is 5.69 Å². The van der Waals surface area contributed by atoms with Gasteiger partial charge in [0.05, 0.1) is 21.2 Å². The predicted molar refractivity (Wildman–Crippen MR) is 119 cm³/mol. The maximum absolute atomic E-state index is 12.0.